The largest absolute Gasteiger partial charge is 0.461 e. The van der Waals surface area contributed by atoms with Crippen molar-refractivity contribution in [2.45, 2.75) is 37.2 Å². The van der Waals surface area contributed by atoms with Gasteiger partial charge in [-0.2, -0.15) is 4.31 Å². The summed E-state index contributed by atoms with van der Waals surface area (Å²) in [7, 11) is -3.85. The maximum absolute atomic E-state index is 13.7. The fourth-order valence-electron chi connectivity index (χ4n) is 3.86. The summed E-state index contributed by atoms with van der Waals surface area (Å²) in [6.45, 7) is 3.83. The maximum Gasteiger partial charge on any atom is 0.244 e. The van der Waals surface area contributed by atoms with E-state index < -0.39 is 22.1 Å². The lowest BCUT2D eigenvalue weighted by Crippen LogP contribution is -2.38. The molecule has 2 atom stereocenters. The predicted molar refractivity (Wildman–Crippen MR) is 115 cm³/mol. The number of furan rings is 1. The third-order valence-electron chi connectivity index (χ3n) is 5.39. The van der Waals surface area contributed by atoms with E-state index in [1.165, 1.54) is 10.6 Å². The van der Waals surface area contributed by atoms with Crippen LogP contribution in [0.3, 0.4) is 0 Å². The second-order valence-corrected chi connectivity index (χ2v) is 9.21. The summed E-state index contributed by atoms with van der Waals surface area (Å²) in [5.41, 5.74) is 2.14. The van der Waals surface area contributed by atoms with Crippen LogP contribution < -0.4 is 0 Å². The molecule has 0 N–H and O–H groups in total. The highest BCUT2D eigenvalue weighted by molar-refractivity contribution is 7.89. The molecule has 0 spiro atoms. The van der Waals surface area contributed by atoms with E-state index in [1.807, 2.05) is 44.2 Å². The molecule has 2 heterocycles. The van der Waals surface area contributed by atoms with Gasteiger partial charge < -0.3 is 4.42 Å². The summed E-state index contributed by atoms with van der Waals surface area (Å²) in [5.74, 6) is -0.0967. The van der Waals surface area contributed by atoms with Gasteiger partial charge in [-0.1, -0.05) is 61.0 Å². The summed E-state index contributed by atoms with van der Waals surface area (Å²) in [6.07, 6.45) is 3.76. The van der Waals surface area contributed by atoms with Gasteiger partial charge in [0, 0.05) is 11.6 Å². The topological polar surface area (TPSA) is 67.6 Å². The van der Waals surface area contributed by atoms with Crippen LogP contribution in [0.25, 0.3) is 0 Å². The molecule has 1 aromatic heterocycles. The number of nitrogens with zero attached hydrogens (tertiary/aromatic N) is 1. The fourth-order valence-corrected chi connectivity index (χ4v) is 5.66. The lowest BCUT2D eigenvalue weighted by molar-refractivity contribution is 0.0994. The molecule has 0 amide bonds. The number of sulfonamides is 1. The van der Waals surface area contributed by atoms with Gasteiger partial charge in [-0.05, 0) is 43.2 Å². The van der Waals surface area contributed by atoms with Crippen LogP contribution in [-0.4, -0.2) is 24.5 Å². The van der Waals surface area contributed by atoms with Crippen LogP contribution >= 0.6 is 0 Å². The van der Waals surface area contributed by atoms with Crippen molar-refractivity contribution in [1.29, 1.82) is 0 Å². The number of carbonyl (C=O) groups is 1. The number of carbonyl (C=O) groups excluding carboxylic acids is 1. The predicted octanol–water partition coefficient (Wildman–Crippen LogP) is 4.92. The SMILES string of the molecule is CC[C@@H]1C=C(C(=O)c2ccco2)[C@H](c2ccccc2)N1S(=O)(=O)c1ccc(C)cc1. The highest BCUT2D eigenvalue weighted by Crippen LogP contribution is 2.43. The lowest BCUT2D eigenvalue weighted by Gasteiger charge is -2.30. The third-order valence-corrected chi connectivity index (χ3v) is 7.29. The smallest absolute Gasteiger partial charge is 0.244 e. The highest BCUT2D eigenvalue weighted by Gasteiger charge is 2.45. The molecule has 30 heavy (non-hydrogen) atoms. The van der Waals surface area contributed by atoms with Gasteiger partial charge in [0.05, 0.1) is 17.2 Å². The highest BCUT2D eigenvalue weighted by atomic mass is 32.2. The molecule has 2 aromatic carbocycles. The quantitative estimate of drug-likeness (QED) is 0.530. The number of benzene rings is 2. The van der Waals surface area contributed by atoms with E-state index in [0.717, 1.165) is 11.1 Å². The number of Topliss-reactive ketones (excluding diaryl/α,β-unsaturated/α-hetero) is 1. The zero-order valence-electron chi connectivity index (χ0n) is 16.9. The molecular weight excluding hydrogens is 398 g/mol. The van der Waals surface area contributed by atoms with E-state index in [4.69, 9.17) is 4.42 Å². The van der Waals surface area contributed by atoms with Gasteiger partial charge in [-0.25, -0.2) is 8.42 Å². The summed E-state index contributed by atoms with van der Waals surface area (Å²) in [6, 6.07) is 18.2. The third kappa shape index (κ3) is 3.53. The van der Waals surface area contributed by atoms with Crippen LogP contribution in [-0.2, 0) is 10.0 Å². The van der Waals surface area contributed by atoms with Crippen molar-refractivity contribution in [3.05, 3.63) is 102 Å². The van der Waals surface area contributed by atoms with Crippen LogP contribution in [0.15, 0.2) is 94.0 Å². The summed E-state index contributed by atoms with van der Waals surface area (Å²) >= 11 is 0. The number of hydrogen-bond acceptors (Lipinski definition) is 4. The molecule has 1 aliphatic rings. The number of ketones is 1. The van der Waals surface area contributed by atoms with Crippen LogP contribution in [0, 0.1) is 6.92 Å². The molecule has 0 bridgehead atoms. The fraction of sp³-hybridized carbons (Fsp3) is 0.208. The van der Waals surface area contributed by atoms with Gasteiger partial charge in [0.1, 0.15) is 0 Å². The van der Waals surface area contributed by atoms with Gasteiger partial charge in [-0.15, -0.1) is 0 Å². The van der Waals surface area contributed by atoms with E-state index in [2.05, 4.69) is 0 Å². The van der Waals surface area contributed by atoms with Gasteiger partial charge in [0.2, 0.25) is 15.8 Å². The van der Waals surface area contributed by atoms with Gasteiger partial charge >= 0.3 is 0 Å². The van der Waals surface area contributed by atoms with Crippen LogP contribution in [0.1, 0.15) is 41.1 Å². The molecule has 154 valence electrons. The average molecular weight is 422 g/mol. The van der Waals surface area contributed by atoms with E-state index >= 15 is 0 Å². The van der Waals surface area contributed by atoms with Crippen molar-refractivity contribution in [2.75, 3.05) is 0 Å². The molecule has 5 nitrogen and oxygen atoms in total. The molecular formula is C24H23NO4S. The van der Waals surface area contributed by atoms with Crippen molar-refractivity contribution in [2.24, 2.45) is 0 Å². The Morgan fingerprint density at radius 2 is 1.70 bits per heavy atom. The van der Waals surface area contributed by atoms with E-state index in [0.29, 0.717) is 12.0 Å². The van der Waals surface area contributed by atoms with Crippen LogP contribution in [0.2, 0.25) is 0 Å². The monoisotopic (exact) mass is 421 g/mol. The average Bonchev–Trinajstić information content (AvgIpc) is 3.42. The van der Waals surface area contributed by atoms with E-state index in [9.17, 15) is 13.2 Å². The molecule has 3 aromatic rings. The minimum absolute atomic E-state index is 0.201. The van der Waals surface area contributed by atoms with Crippen LogP contribution in [0.5, 0.6) is 0 Å². The normalized spacial score (nSPS) is 19.6. The Morgan fingerprint density at radius 1 is 1.00 bits per heavy atom. The molecule has 6 heteroatoms. The second kappa shape index (κ2) is 8.05. The van der Waals surface area contributed by atoms with Crippen molar-refractivity contribution in [1.82, 2.24) is 4.31 Å². The molecule has 0 saturated carbocycles. The zero-order chi connectivity index (χ0) is 21.3. The Balaban J connectivity index is 1.86. The zero-order valence-corrected chi connectivity index (χ0v) is 17.7. The minimum Gasteiger partial charge on any atom is -0.461 e. The molecule has 1 aliphatic heterocycles. The molecule has 4 rings (SSSR count). The first-order valence-corrected chi connectivity index (χ1v) is 11.3. The van der Waals surface area contributed by atoms with Gasteiger partial charge in [0.15, 0.2) is 5.76 Å². The maximum atomic E-state index is 13.7. The second-order valence-electron chi connectivity index (χ2n) is 7.37. The molecule has 0 saturated heterocycles. The van der Waals surface area contributed by atoms with Gasteiger partial charge in [0.25, 0.3) is 0 Å². The number of aryl methyl sites for hydroxylation is 1. The Hall–Kier alpha value is -2.96. The Labute approximate surface area is 176 Å². The van der Waals surface area contributed by atoms with Crippen molar-refractivity contribution in [3.63, 3.8) is 0 Å². The lowest BCUT2D eigenvalue weighted by atomic mass is 9.96. The summed E-state index contributed by atoms with van der Waals surface area (Å²) in [4.78, 5) is 13.4. The van der Waals surface area contributed by atoms with Crippen molar-refractivity contribution in [3.8, 4) is 0 Å². The van der Waals surface area contributed by atoms with Crippen molar-refractivity contribution >= 4 is 15.8 Å². The van der Waals surface area contributed by atoms with E-state index in [-0.39, 0.29) is 16.4 Å². The molecule has 0 radical (unpaired) electrons. The first kappa shape index (κ1) is 20.3. The minimum atomic E-state index is -3.85. The molecule has 0 unspecified atom stereocenters. The van der Waals surface area contributed by atoms with E-state index in [1.54, 1.807) is 42.5 Å². The summed E-state index contributed by atoms with van der Waals surface area (Å²) in [5, 5.41) is 0. The number of rotatable bonds is 6. The van der Waals surface area contributed by atoms with Crippen molar-refractivity contribution < 1.29 is 17.6 Å². The number of hydrogen-bond donors (Lipinski definition) is 0. The Morgan fingerprint density at radius 3 is 2.30 bits per heavy atom. The first-order valence-electron chi connectivity index (χ1n) is 9.88. The summed E-state index contributed by atoms with van der Waals surface area (Å²) < 4.78 is 34.2. The molecule has 0 aliphatic carbocycles. The molecule has 0 fully saturated rings. The standard InChI is InChI=1S/C24H23NO4S/c1-3-19-16-21(24(26)22-10-7-15-29-22)23(18-8-5-4-6-9-18)25(19)30(27,28)20-13-11-17(2)12-14-20/h4-16,19,23H,3H2,1-2H3/t19-,23+/m1/s1. The first-order chi connectivity index (χ1) is 14.4. The van der Waals surface area contributed by atoms with Gasteiger partial charge in [-0.3, -0.25) is 4.79 Å². The van der Waals surface area contributed by atoms with Crippen LogP contribution in [0.4, 0.5) is 0 Å². The Kier molecular flexibility index (Phi) is 5.45. The Bertz CT molecular complexity index is 1160.